The van der Waals surface area contributed by atoms with Crippen molar-refractivity contribution in [3.63, 3.8) is 0 Å². The molecule has 0 fully saturated rings. The first-order valence-corrected chi connectivity index (χ1v) is 6.95. The van der Waals surface area contributed by atoms with Crippen LogP contribution in [-0.4, -0.2) is 0 Å². The highest BCUT2D eigenvalue weighted by molar-refractivity contribution is 14.1. The lowest BCUT2D eigenvalue weighted by Gasteiger charge is -2.10. The van der Waals surface area contributed by atoms with Crippen molar-refractivity contribution in [2.45, 2.75) is 6.61 Å². The van der Waals surface area contributed by atoms with Crippen molar-refractivity contribution in [2.24, 2.45) is 0 Å². The third-order valence-corrected chi connectivity index (χ3v) is 3.75. The topological polar surface area (TPSA) is 35.2 Å². The van der Waals surface area contributed by atoms with Crippen LogP contribution in [0.5, 0.6) is 5.75 Å². The zero-order valence-corrected chi connectivity index (χ0v) is 12.7. The molecule has 2 aromatic rings. The number of ether oxygens (including phenoxy) is 1. The number of rotatable bonds is 3. The summed E-state index contributed by atoms with van der Waals surface area (Å²) in [6.45, 7) is 0.466. The Balaban J connectivity index is 2.13. The summed E-state index contributed by atoms with van der Waals surface area (Å²) in [6, 6.07) is 13.7. The fraction of sp³-hybridized carbons (Fsp3) is 0.0769. The van der Waals surface area contributed by atoms with E-state index in [1.54, 1.807) is 0 Å². The molecule has 17 heavy (non-hydrogen) atoms. The van der Waals surface area contributed by atoms with Crippen LogP contribution in [0.15, 0.2) is 46.9 Å². The zero-order valence-electron chi connectivity index (χ0n) is 8.99. The predicted molar refractivity (Wildman–Crippen MR) is 82.0 cm³/mol. The van der Waals surface area contributed by atoms with Crippen LogP contribution in [0, 0.1) is 3.57 Å². The van der Waals surface area contributed by atoms with Gasteiger partial charge >= 0.3 is 0 Å². The molecule has 0 aliphatic rings. The summed E-state index contributed by atoms with van der Waals surface area (Å²) in [7, 11) is 0. The average molecular weight is 404 g/mol. The smallest absolute Gasteiger partial charge is 0.120 e. The quantitative estimate of drug-likeness (QED) is 0.615. The van der Waals surface area contributed by atoms with Crippen molar-refractivity contribution in [3.05, 3.63) is 56.1 Å². The minimum Gasteiger partial charge on any atom is -0.489 e. The van der Waals surface area contributed by atoms with Crippen LogP contribution in [0.3, 0.4) is 0 Å². The minimum absolute atomic E-state index is 0.466. The van der Waals surface area contributed by atoms with Crippen LogP contribution in [0.1, 0.15) is 5.56 Å². The van der Waals surface area contributed by atoms with E-state index >= 15 is 0 Å². The molecule has 0 aromatic heterocycles. The average Bonchev–Trinajstić information content (AvgIpc) is 2.28. The lowest BCUT2D eigenvalue weighted by Crippen LogP contribution is -2.01. The van der Waals surface area contributed by atoms with Crippen molar-refractivity contribution in [1.82, 2.24) is 0 Å². The largest absolute Gasteiger partial charge is 0.489 e. The van der Waals surface area contributed by atoms with Crippen LogP contribution in [-0.2, 0) is 6.61 Å². The first-order chi connectivity index (χ1) is 8.16. The highest BCUT2D eigenvalue weighted by Crippen LogP contribution is 2.24. The van der Waals surface area contributed by atoms with Gasteiger partial charge in [0.1, 0.15) is 12.4 Å². The number of hydrogen-bond acceptors (Lipinski definition) is 2. The predicted octanol–water partition coefficient (Wildman–Crippen LogP) is 4.21. The molecule has 0 radical (unpaired) electrons. The van der Waals surface area contributed by atoms with E-state index in [4.69, 9.17) is 10.5 Å². The molecule has 2 nitrogen and oxygen atoms in total. The first-order valence-electron chi connectivity index (χ1n) is 5.08. The van der Waals surface area contributed by atoms with E-state index in [1.165, 1.54) is 0 Å². The standard InChI is InChI=1S/C13H11BrINO/c14-12-5-2-6-13(16)11(12)8-17-10-4-1-3-9(15)7-10/h1-7H,8,16H2. The Bertz CT molecular complexity index is 510. The van der Waals surface area contributed by atoms with E-state index in [2.05, 4.69) is 38.5 Å². The number of nitrogen functional groups attached to an aromatic ring is 1. The molecule has 0 saturated carbocycles. The Labute approximate surface area is 122 Å². The van der Waals surface area contributed by atoms with Crippen molar-refractivity contribution >= 4 is 44.2 Å². The third-order valence-electron chi connectivity index (χ3n) is 2.33. The summed E-state index contributed by atoms with van der Waals surface area (Å²) in [6.07, 6.45) is 0. The molecule has 2 N–H and O–H groups in total. The van der Waals surface area contributed by atoms with Crippen molar-refractivity contribution in [2.75, 3.05) is 5.73 Å². The van der Waals surface area contributed by atoms with Crippen LogP contribution < -0.4 is 10.5 Å². The van der Waals surface area contributed by atoms with Crippen molar-refractivity contribution in [1.29, 1.82) is 0 Å². The van der Waals surface area contributed by atoms with Gasteiger partial charge in [-0.3, -0.25) is 0 Å². The van der Waals surface area contributed by atoms with Gasteiger partial charge in [-0.25, -0.2) is 0 Å². The molecule has 0 aliphatic carbocycles. The summed E-state index contributed by atoms with van der Waals surface area (Å²) >= 11 is 5.73. The van der Waals surface area contributed by atoms with Gasteiger partial charge in [0.05, 0.1) is 0 Å². The van der Waals surface area contributed by atoms with Gasteiger partial charge in [0.15, 0.2) is 0 Å². The maximum Gasteiger partial charge on any atom is 0.120 e. The molecule has 0 amide bonds. The molecule has 0 bridgehead atoms. The second kappa shape index (κ2) is 5.73. The van der Waals surface area contributed by atoms with Crippen LogP contribution >= 0.6 is 38.5 Å². The fourth-order valence-corrected chi connectivity index (χ4v) is 2.45. The van der Waals surface area contributed by atoms with Gasteiger partial charge in [-0.05, 0) is 52.9 Å². The SMILES string of the molecule is Nc1cccc(Br)c1COc1cccc(I)c1. The second-order valence-electron chi connectivity index (χ2n) is 3.55. The Hall–Kier alpha value is -0.750. The third kappa shape index (κ3) is 3.35. The summed E-state index contributed by atoms with van der Waals surface area (Å²) in [4.78, 5) is 0. The highest BCUT2D eigenvalue weighted by atomic mass is 127. The normalized spacial score (nSPS) is 10.2. The molecule has 2 rings (SSSR count). The van der Waals surface area contributed by atoms with E-state index in [-0.39, 0.29) is 0 Å². The van der Waals surface area contributed by atoms with Gasteiger partial charge in [0.2, 0.25) is 0 Å². The number of anilines is 1. The molecule has 0 unspecified atom stereocenters. The van der Waals surface area contributed by atoms with Gasteiger partial charge in [-0.2, -0.15) is 0 Å². The van der Waals surface area contributed by atoms with Crippen LogP contribution in [0.25, 0.3) is 0 Å². The van der Waals surface area contributed by atoms with Gasteiger partial charge in [-0.15, -0.1) is 0 Å². The van der Waals surface area contributed by atoms with E-state index in [0.717, 1.165) is 25.0 Å². The van der Waals surface area contributed by atoms with Gasteiger partial charge in [-0.1, -0.05) is 28.1 Å². The Morgan fingerprint density at radius 2 is 1.94 bits per heavy atom. The summed E-state index contributed by atoms with van der Waals surface area (Å²) in [5.74, 6) is 0.854. The molecule has 0 atom stereocenters. The molecule has 0 spiro atoms. The Morgan fingerprint density at radius 1 is 1.18 bits per heavy atom. The van der Waals surface area contributed by atoms with Crippen molar-refractivity contribution < 1.29 is 4.74 Å². The second-order valence-corrected chi connectivity index (χ2v) is 5.65. The summed E-state index contributed by atoms with van der Waals surface area (Å²) < 4.78 is 7.85. The van der Waals surface area contributed by atoms with E-state index in [0.29, 0.717) is 6.61 Å². The molecular formula is C13H11BrINO. The molecule has 0 aliphatic heterocycles. The Kier molecular flexibility index (Phi) is 4.28. The van der Waals surface area contributed by atoms with Gasteiger partial charge in [0, 0.05) is 19.3 Å². The lowest BCUT2D eigenvalue weighted by molar-refractivity contribution is 0.306. The van der Waals surface area contributed by atoms with Crippen LogP contribution in [0.4, 0.5) is 5.69 Å². The molecule has 2 aromatic carbocycles. The Morgan fingerprint density at radius 3 is 2.65 bits per heavy atom. The molecule has 0 saturated heterocycles. The van der Waals surface area contributed by atoms with Gasteiger partial charge < -0.3 is 10.5 Å². The monoisotopic (exact) mass is 403 g/mol. The zero-order chi connectivity index (χ0) is 12.3. The van der Waals surface area contributed by atoms with Gasteiger partial charge in [0.25, 0.3) is 0 Å². The van der Waals surface area contributed by atoms with Crippen LogP contribution in [0.2, 0.25) is 0 Å². The summed E-state index contributed by atoms with van der Waals surface area (Å²) in [5.41, 5.74) is 7.62. The van der Waals surface area contributed by atoms with E-state index in [9.17, 15) is 0 Å². The molecule has 4 heteroatoms. The van der Waals surface area contributed by atoms with E-state index in [1.807, 2.05) is 42.5 Å². The minimum atomic E-state index is 0.466. The number of nitrogens with two attached hydrogens (primary N) is 1. The molecule has 88 valence electrons. The number of benzene rings is 2. The van der Waals surface area contributed by atoms with E-state index < -0.39 is 0 Å². The number of hydrogen-bond donors (Lipinski definition) is 1. The van der Waals surface area contributed by atoms with Crippen molar-refractivity contribution in [3.8, 4) is 5.75 Å². The first kappa shape index (κ1) is 12.7. The maximum absolute atomic E-state index is 5.90. The molecular weight excluding hydrogens is 393 g/mol. The maximum atomic E-state index is 5.90. The molecule has 0 heterocycles. The fourth-order valence-electron chi connectivity index (χ4n) is 1.44. The number of halogens is 2. The lowest BCUT2D eigenvalue weighted by atomic mass is 10.2. The highest BCUT2D eigenvalue weighted by Gasteiger charge is 2.05. The summed E-state index contributed by atoms with van der Waals surface area (Å²) in [5, 5.41) is 0.